The zero-order chi connectivity index (χ0) is 25.1. The summed E-state index contributed by atoms with van der Waals surface area (Å²) in [6.45, 7) is 0. The van der Waals surface area contributed by atoms with Gasteiger partial charge < -0.3 is 0 Å². The first-order valence-electron chi connectivity index (χ1n) is 13.2. The average Bonchev–Trinajstić information content (AvgIpc) is 3.38. The largest absolute Gasteiger partial charge is 0.292 e. The summed E-state index contributed by atoms with van der Waals surface area (Å²) >= 11 is 0. The molecule has 4 aromatic carbocycles. The number of para-hydroxylation sites is 3. The lowest BCUT2D eigenvalue weighted by molar-refractivity contribution is 0.827. The van der Waals surface area contributed by atoms with Crippen LogP contribution in [-0.2, 0) is 0 Å². The van der Waals surface area contributed by atoms with Crippen molar-refractivity contribution >= 4 is 58.3 Å². The Morgan fingerprint density at radius 2 is 1.34 bits per heavy atom. The lowest BCUT2D eigenvalue weighted by Gasteiger charge is -2.29. The van der Waals surface area contributed by atoms with Gasteiger partial charge in [0.2, 0.25) is 0 Å². The molecule has 1 atom stereocenters. The van der Waals surface area contributed by atoms with Crippen LogP contribution in [0.1, 0.15) is 6.42 Å². The smallest absolute Gasteiger partial charge is 0.146 e. The van der Waals surface area contributed by atoms with Crippen LogP contribution in [0.5, 0.6) is 0 Å². The summed E-state index contributed by atoms with van der Waals surface area (Å²) in [7, 11) is -0.675. The first-order chi connectivity index (χ1) is 18.9. The van der Waals surface area contributed by atoms with Gasteiger partial charge in [-0.25, -0.2) is 4.98 Å². The van der Waals surface area contributed by atoms with Crippen LogP contribution in [-0.4, -0.2) is 9.38 Å². The summed E-state index contributed by atoms with van der Waals surface area (Å²) in [5, 5.41) is 8.05. The lowest BCUT2D eigenvalue weighted by atomic mass is 9.86. The molecule has 6 aromatic rings. The van der Waals surface area contributed by atoms with Crippen molar-refractivity contribution in [3.05, 3.63) is 143 Å². The van der Waals surface area contributed by atoms with Gasteiger partial charge in [-0.05, 0) is 65.3 Å². The highest BCUT2D eigenvalue weighted by Gasteiger charge is 2.27. The number of pyridine rings is 1. The molecule has 180 valence electrons. The van der Waals surface area contributed by atoms with E-state index in [2.05, 4.69) is 138 Å². The molecule has 2 aliphatic rings. The zero-order valence-corrected chi connectivity index (χ0v) is 21.7. The molecule has 2 aliphatic carbocycles. The summed E-state index contributed by atoms with van der Waals surface area (Å²) in [6, 6.07) is 39.3. The van der Waals surface area contributed by atoms with Crippen molar-refractivity contribution in [3.63, 3.8) is 0 Å². The third kappa shape index (κ3) is 3.27. The quantitative estimate of drug-likeness (QED) is 0.263. The number of rotatable bonds is 3. The van der Waals surface area contributed by atoms with E-state index in [4.69, 9.17) is 4.98 Å². The molecular weight excluding hydrogens is 479 g/mol. The minimum atomic E-state index is -0.675. The third-order valence-electron chi connectivity index (χ3n) is 7.83. The molecule has 0 saturated heterocycles. The Labute approximate surface area is 222 Å². The summed E-state index contributed by atoms with van der Waals surface area (Å²) in [4.78, 5) is 5.15. The molecule has 0 amide bonds. The fourth-order valence-electron chi connectivity index (χ4n) is 6.15. The maximum Gasteiger partial charge on any atom is 0.146 e. The minimum absolute atomic E-state index is 0.338. The van der Waals surface area contributed by atoms with Crippen molar-refractivity contribution in [1.29, 1.82) is 0 Å². The Kier molecular flexibility index (Phi) is 4.96. The number of benzene rings is 4. The van der Waals surface area contributed by atoms with Gasteiger partial charge in [0.1, 0.15) is 5.65 Å². The monoisotopic (exact) mass is 504 g/mol. The number of nitrogens with zero attached hydrogens (tertiary/aromatic N) is 2. The molecule has 2 heterocycles. The Bertz CT molecular complexity index is 2010. The van der Waals surface area contributed by atoms with E-state index in [-0.39, 0.29) is 0 Å². The van der Waals surface area contributed by atoms with Gasteiger partial charge in [0, 0.05) is 16.5 Å². The predicted octanol–water partition coefficient (Wildman–Crippen LogP) is 6.18. The van der Waals surface area contributed by atoms with Gasteiger partial charge in [-0.1, -0.05) is 109 Å². The number of imidazole rings is 1. The van der Waals surface area contributed by atoms with Crippen LogP contribution in [0.25, 0.3) is 39.7 Å². The van der Waals surface area contributed by atoms with Crippen molar-refractivity contribution in [1.82, 2.24) is 9.38 Å². The molecular formula is C35H25N2P. The molecule has 0 aliphatic heterocycles. The second-order valence-electron chi connectivity index (χ2n) is 10.0. The van der Waals surface area contributed by atoms with Crippen LogP contribution in [0.2, 0.25) is 0 Å². The summed E-state index contributed by atoms with van der Waals surface area (Å²) < 4.78 is 2.35. The summed E-state index contributed by atoms with van der Waals surface area (Å²) in [5.41, 5.74) is 5.92. The van der Waals surface area contributed by atoms with Crippen molar-refractivity contribution in [2.45, 2.75) is 6.42 Å². The van der Waals surface area contributed by atoms with Crippen LogP contribution in [0.15, 0.2) is 132 Å². The van der Waals surface area contributed by atoms with E-state index in [1.165, 1.54) is 42.8 Å². The highest BCUT2D eigenvalue weighted by atomic mass is 31.1. The van der Waals surface area contributed by atoms with Gasteiger partial charge in [-0.15, -0.1) is 0 Å². The second-order valence-corrected chi connectivity index (χ2v) is 12.2. The van der Waals surface area contributed by atoms with E-state index in [1.807, 2.05) is 0 Å². The molecule has 0 saturated carbocycles. The van der Waals surface area contributed by atoms with Crippen molar-refractivity contribution in [3.8, 4) is 0 Å². The van der Waals surface area contributed by atoms with E-state index in [0.717, 1.165) is 23.1 Å². The first kappa shape index (κ1) is 21.8. The molecule has 0 radical (unpaired) electrons. The van der Waals surface area contributed by atoms with Gasteiger partial charge in [0.05, 0.1) is 16.6 Å². The van der Waals surface area contributed by atoms with Crippen LogP contribution in [0, 0.1) is 5.92 Å². The van der Waals surface area contributed by atoms with Gasteiger partial charge >= 0.3 is 0 Å². The fraction of sp³-hybridized carbons (Fsp3) is 0.0571. The van der Waals surface area contributed by atoms with E-state index >= 15 is 0 Å². The Morgan fingerprint density at radius 3 is 2.11 bits per heavy atom. The highest BCUT2D eigenvalue weighted by molar-refractivity contribution is 7.77. The minimum Gasteiger partial charge on any atom is -0.292 e. The summed E-state index contributed by atoms with van der Waals surface area (Å²) in [6.07, 6.45) is 10.8. The fourth-order valence-corrected chi connectivity index (χ4v) is 8.69. The van der Waals surface area contributed by atoms with Gasteiger partial charge in [0.15, 0.2) is 0 Å². The standard InChI is InChI=1S/C35H25N2P/c1-3-13-25(14-4-1)38(26-15-5-2-6-16-26)34-21-11-12-24-22-30-29(23-28(24)34)27-17-7-9-19-32(27)37-33-20-10-8-18-31(33)36-35(30)37/h1-11,13-24H,12H2. The molecule has 2 nitrogen and oxygen atoms in total. The van der Waals surface area contributed by atoms with Crippen molar-refractivity contribution in [2.75, 3.05) is 0 Å². The number of allylic oxidation sites excluding steroid dienone is 4. The zero-order valence-electron chi connectivity index (χ0n) is 20.8. The summed E-state index contributed by atoms with van der Waals surface area (Å²) in [5.74, 6) is 0.338. The number of fused-ring (bicyclic) bond motifs is 9. The Balaban J connectivity index is 1.48. The third-order valence-corrected chi connectivity index (χ3v) is 10.3. The number of hydrogen-bond donors (Lipinski definition) is 0. The topological polar surface area (TPSA) is 17.3 Å². The SMILES string of the molecule is C1=CC(P(c2ccccc2)c2ccccc2)=C2C=c3c(c4nc5ccccc5n4c4ccccc34)=CC2C1. The predicted molar refractivity (Wildman–Crippen MR) is 162 cm³/mol. The van der Waals surface area contributed by atoms with Gasteiger partial charge in [-0.2, -0.15) is 0 Å². The molecule has 0 fully saturated rings. The first-order valence-corrected chi connectivity index (χ1v) is 14.5. The number of hydrogen-bond acceptors (Lipinski definition) is 1. The molecule has 3 heteroatoms. The van der Waals surface area contributed by atoms with E-state index in [0.29, 0.717) is 5.92 Å². The van der Waals surface area contributed by atoms with Gasteiger partial charge in [0.25, 0.3) is 0 Å². The molecule has 0 spiro atoms. The van der Waals surface area contributed by atoms with Crippen LogP contribution in [0.4, 0.5) is 0 Å². The molecule has 38 heavy (non-hydrogen) atoms. The van der Waals surface area contributed by atoms with Crippen LogP contribution < -0.4 is 21.0 Å². The number of aromatic nitrogens is 2. The molecule has 1 unspecified atom stereocenters. The molecule has 0 bridgehead atoms. The molecule has 2 aromatic heterocycles. The highest BCUT2D eigenvalue weighted by Crippen LogP contribution is 2.49. The average molecular weight is 505 g/mol. The van der Waals surface area contributed by atoms with E-state index in [1.54, 1.807) is 0 Å². The molecule has 8 rings (SSSR count). The van der Waals surface area contributed by atoms with Gasteiger partial charge in [-0.3, -0.25) is 4.40 Å². The van der Waals surface area contributed by atoms with Crippen LogP contribution >= 0.6 is 7.92 Å². The maximum absolute atomic E-state index is 5.15. The van der Waals surface area contributed by atoms with Crippen molar-refractivity contribution < 1.29 is 0 Å². The maximum atomic E-state index is 5.15. The van der Waals surface area contributed by atoms with E-state index in [9.17, 15) is 0 Å². The lowest BCUT2D eigenvalue weighted by Crippen LogP contribution is -2.34. The second kappa shape index (κ2) is 8.65. The normalized spacial score (nSPS) is 16.5. The van der Waals surface area contributed by atoms with E-state index < -0.39 is 7.92 Å². The molecule has 0 N–H and O–H groups in total. The van der Waals surface area contributed by atoms with Crippen LogP contribution in [0.3, 0.4) is 0 Å². The Hall–Kier alpha value is -4.26. The Morgan fingerprint density at radius 1 is 0.684 bits per heavy atom. The van der Waals surface area contributed by atoms with Crippen molar-refractivity contribution in [2.24, 2.45) is 5.92 Å².